The predicted octanol–water partition coefficient (Wildman–Crippen LogP) is 0.856. The highest BCUT2D eigenvalue weighted by Crippen LogP contribution is 2.29. The maximum atomic E-state index is 14.5. The Bertz CT molecular complexity index is 1580. The number of hydrogen-bond donors (Lipinski definition) is 3. The summed E-state index contributed by atoms with van der Waals surface area (Å²) in [5.74, 6) is -1.50. The topological polar surface area (TPSA) is 178 Å². The van der Waals surface area contributed by atoms with Crippen LogP contribution in [0.3, 0.4) is 0 Å². The van der Waals surface area contributed by atoms with Crippen LogP contribution in [0.25, 0.3) is 16.7 Å². The van der Waals surface area contributed by atoms with Crippen molar-refractivity contribution in [1.82, 2.24) is 25.1 Å². The summed E-state index contributed by atoms with van der Waals surface area (Å²) in [6.07, 6.45) is 2.79. The fourth-order valence-electron chi connectivity index (χ4n) is 4.48. The van der Waals surface area contributed by atoms with Gasteiger partial charge in [0.15, 0.2) is 34.7 Å². The third kappa shape index (κ3) is 4.30. The average molecular weight is 538 g/mol. The number of nitrogens with zero attached hydrogens (tertiary/aromatic N) is 7. The van der Waals surface area contributed by atoms with Crippen LogP contribution in [0, 0.1) is 5.82 Å². The lowest BCUT2D eigenvalue weighted by Crippen LogP contribution is -2.61. The Labute approximate surface area is 220 Å². The number of benzene rings is 1. The largest absolute Gasteiger partial charge is 0.380 e. The number of nitrogens with one attached hydrogen (secondary N) is 1. The molecule has 3 aromatic heterocycles. The van der Waals surface area contributed by atoms with E-state index in [4.69, 9.17) is 15.0 Å². The van der Waals surface area contributed by atoms with Gasteiger partial charge in [-0.3, -0.25) is 14.5 Å². The SMILES string of the molecule is CC(O)(C(=O)Nc1cc(F)c2c(N)noc2c1)[C@H]1OCCN(c2ccn(-c3cnnc(N4CCC4)c3)n2)C1=O. The number of carbonyl (C=O) groups excluding carboxylic acids is 2. The van der Waals surface area contributed by atoms with Crippen molar-refractivity contribution in [3.05, 3.63) is 42.5 Å². The second kappa shape index (κ2) is 9.28. The number of fused-ring (bicyclic) bond motifs is 1. The van der Waals surface area contributed by atoms with Crippen LogP contribution in [0.1, 0.15) is 13.3 Å². The van der Waals surface area contributed by atoms with Crippen molar-refractivity contribution in [2.24, 2.45) is 0 Å². The van der Waals surface area contributed by atoms with Gasteiger partial charge in [-0.2, -0.15) is 5.10 Å². The predicted molar refractivity (Wildman–Crippen MR) is 136 cm³/mol. The summed E-state index contributed by atoms with van der Waals surface area (Å²) >= 11 is 0. The molecule has 2 atom stereocenters. The van der Waals surface area contributed by atoms with Gasteiger partial charge in [0.25, 0.3) is 11.8 Å². The van der Waals surface area contributed by atoms with E-state index in [2.05, 4.69) is 30.7 Å². The standard InChI is InChI=1S/C24H24FN9O5/c1-24(37,23(36)28-13-9-15(25)19-16(10-13)39-31-21(19)26)20-22(35)33(7-8-38-20)17-3-6-34(30-17)14-11-18(29-27-12-14)32-4-2-5-32/h3,6,9-12,20,37H,2,4-5,7-8H2,1H3,(H2,26,31)(H,28,36)/t20-,24?/m0/s1. The number of morpholine rings is 1. The van der Waals surface area contributed by atoms with E-state index < -0.39 is 29.3 Å². The number of halogens is 1. The zero-order chi connectivity index (χ0) is 27.3. The molecule has 2 amide bonds. The first-order chi connectivity index (χ1) is 18.7. The van der Waals surface area contributed by atoms with Crippen LogP contribution < -0.4 is 20.9 Å². The van der Waals surface area contributed by atoms with Gasteiger partial charge in [0.1, 0.15) is 11.2 Å². The van der Waals surface area contributed by atoms with Gasteiger partial charge >= 0.3 is 0 Å². The van der Waals surface area contributed by atoms with E-state index in [-0.39, 0.29) is 35.6 Å². The molecule has 0 spiro atoms. The summed E-state index contributed by atoms with van der Waals surface area (Å²) in [7, 11) is 0. The molecule has 0 saturated carbocycles. The molecule has 0 aliphatic carbocycles. The monoisotopic (exact) mass is 537 g/mol. The maximum Gasteiger partial charge on any atom is 0.260 e. The summed E-state index contributed by atoms with van der Waals surface area (Å²) < 4.78 is 26.5. The van der Waals surface area contributed by atoms with E-state index >= 15 is 0 Å². The highest BCUT2D eigenvalue weighted by atomic mass is 19.1. The molecule has 1 unspecified atom stereocenters. The Morgan fingerprint density at radius 2 is 2.08 bits per heavy atom. The number of aromatic nitrogens is 5. The molecule has 2 aliphatic rings. The molecule has 5 heterocycles. The van der Waals surface area contributed by atoms with Crippen LogP contribution in [0.2, 0.25) is 0 Å². The fourth-order valence-corrected chi connectivity index (χ4v) is 4.48. The molecule has 4 aromatic rings. The number of ether oxygens (including phenoxy) is 1. The van der Waals surface area contributed by atoms with Crippen LogP contribution in [-0.4, -0.2) is 80.0 Å². The minimum absolute atomic E-state index is 0.00981. The summed E-state index contributed by atoms with van der Waals surface area (Å²) in [6, 6.07) is 5.81. The lowest BCUT2D eigenvalue weighted by molar-refractivity contribution is -0.165. The molecule has 2 aliphatic heterocycles. The van der Waals surface area contributed by atoms with E-state index in [1.165, 1.54) is 11.0 Å². The second-order valence-electron chi connectivity index (χ2n) is 9.47. The van der Waals surface area contributed by atoms with Crippen molar-refractivity contribution >= 4 is 45.9 Å². The number of hydrogen-bond acceptors (Lipinski definition) is 11. The van der Waals surface area contributed by atoms with Crippen LogP contribution in [0.4, 0.5) is 27.5 Å². The maximum absolute atomic E-state index is 14.5. The molecule has 2 fully saturated rings. The van der Waals surface area contributed by atoms with Gasteiger partial charge in [0.2, 0.25) is 0 Å². The zero-order valence-corrected chi connectivity index (χ0v) is 20.7. The Morgan fingerprint density at radius 3 is 2.85 bits per heavy atom. The van der Waals surface area contributed by atoms with E-state index in [1.807, 2.05) is 6.07 Å². The number of amides is 2. The molecular weight excluding hydrogens is 513 g/mol. The molecule has 1 aromatic carbocycles. The van der Waals surface area contributed by atoms with Crippen molar-refractivity contribution in [3.63, 3.8) is 0 Å². The van der Waals surface area contributed by atoms with Crippen molar-refractivity contribution < 1.29 is 28.3 Å². The van der Waals surface area contributed by atoms with Crippen LogP contribution in [-0.2, 0) is 14.3 Å². The van der Waals surface area contributed by atoms with Gasteiger partial charge in [-0.25, -0.2) is 9.07 Å². The van der Waals surface area contributed by atoms with Crippen LogP contribution >= 0.6 is 0 Å². The minimum atomic E-state index is -2.31. The summed E-state index contributed by atoms with van der Waals surface area (Å²) in [5, 5.41) is 29.7. The molecule has 14 nitrogen and oxygen atoms in total. The molecule has 202 valence electrons. The molecule has 6 rings (SSSR count). The number of nitrogen functional groups attached to an aromatic ring is 1. The summed E-state index contributed by atoms with van der Waals surface area (Å²) in [6.45, 7) is 3.18. The third-order valence-electron chi connectivity index (χ3n) is 6.79. The van der Waals surface area contributed by atoms with Crippen LogP contribution in [0.15, 0.2) is 41.2 Å². The minimum Gasteiger partial charge on any atom is -0.380 e. The van der Waals surface area contributed by atoms with Gasteiger partial charge in [-0.05, 0) is 19.4 Å². The van der Waals surface area contributed by atoms with Crippen molar-refractivity contribution in [2.45, 2.75) is 25.0 Å². The lowest BCUT2D eigenvalue weighted by Gasteiger charge is -2.37. The zero-order valence-electron chi connectivity index (χ0n) is 20.7. The number of rotatable bonds is 6. The first-order valence-corrected chi connectivity index (χ1v) is 12.2. The van der Waals surface area contributed by atoms with Crippen molar-refractivity contribution in [1.29, 1.82) is 0 Å². The molecular formula is C24H24FN9O5. The van der Waals surface area contributed by atoms with Gasteiger partial charge in [0, 0.05) is 43.2 Å². The van der Waals surface area contributed by atoms with Crippen molar-refractivity contribution in [3.8, 4) is 5.69 Å². The molecule has 15 heteroatoms. The lowest BCUT2D eigenvalue weighted by atomic mass is 9.95. The summed E-state index contributed by atoms with van der Waals surface area (Å²) in [5.41, 5.74) is 3.92. The first-order valence-electron chi connectivity index (χ1n) is 12.2. The van der Waals surface area contributed by atoms with E-state index in [9.17, 15) is 19.1 Å². The molecule has 2 saturated heterocycles. The van der Waals surface area contributed by atoms with Crippen LogP contribution in [0.5, 0.6) is 0 Å². The molecule has 0 radical (unpaired) electrons. The highest BCUT2D eigenvalue weighted by molar-refractivity contribution is 6.06. The third-order valence-corrected chi connectivity index (χ3v) is 6.79. The Morgan fingerprint density at radius 1 is 1.26 bits per heavy atom. The van der Waals surface area contributed by atoms with Gasteiger partial charge in [0.05, 0.1) is 25.0 Å². The number of carbonyl (C=O) groups is 2. The Hall–Kier alpha value is -4.63. The number of anilines is 4. The first kappa shape index (κ1) is 24.7. The van der Waals surface area contributed by atoms with Crippen molar-refractivity contribution in [2.75, 3.05) is 47.1 Å². The van der Waals surface area contributed by atoms with Gasteiger partial charge < -0.3 is 30.3 Å². The quantitative estimate of drug-likeness (QED) is 0.318. The Balaban J connectivity index is 1.19. The normalized spacial score (nSPS) is 19.2. The van der Waals surface area contributed by atoms with Gasteiger partial charge in [-0.1, -0.05) is 5.16 Å². The van der Waals surface area contributed by atoms with E-state index in [0.29, 0.717) is 11.5 Å². The summed E-state index contributed by atoms with van der Waals surface area (Å²) in [4.78, 5) is 29.8. The van der Waals surface area contributed by atoms with E-state index in [0.717, 1.165) is 38.3 Å². The number of nitrogens with two attached hydrogens (primary N) is 1. The average Bonchev–Trinajstić information content (AvgIpc) is 3.51. The molecule has 0 bridgehead atoms. The number of aliphatic hydroxyl groups is 1. The van der Waals surface area contributed by atoms with Gasteiger partial charge in [-0.15, -0.1) is 10.2 Å². The Kier molecular flexibility index (Phi) is 5.88. The molecule has 39 heavy (non-hydrogen) atoms. The fraction of sp³-hybridized carbons (Fsp3) is 0.333. The highest BCUT2D eigenvalue weighted by Gasteiger charge is 2.49. The second-order valence-corrected chi connectivity index (χ2v) is 9.47. The molecule has 4 N–H and O–H groups in total. The van der Waals surface area contributed by atoms with E-state index in [1.54, 1.807) is 23.1 Å². The smallest absolute Gasteiger partial charge is 0.260 e.